The number of carbonyl (C=O) groups excluding carboxylic acids is 1. The van der Waals surface area contributed by atoms with Gasteiger partial charge in [-0.25, -0.2) is 9.37 Å². The van der Waals surface area contributed by atoms with Crippen LogP contribution in [0.4, 0.5) is 4.39 Å². The van der Waals surface area contributed by atoms with Crippen molar-refractivity contribution in [2.75, 3.05) is 26.2 Å². The van der Waals surface area contributed by atoms with E-state index in [0.717, 1.165) is 44.5 Å². The molecule has 2 aliphatic rings. The van der Waals surface area contributed by atoms with Crippen molar-refractivity contribution in [3.05, 3.63) is 53.5 Å². The van der Waals surface area contributed by atoms with Gasteiger partial charge in [0.15, 0.2) is 0 Å². The molecule has 0 radical (unpaired) electrons. The van der Waals surface area contributed by atoms with E-state index in [1.54, 1.807) is 12.3 Å². The first-order valence-electron chi connectivity index (χ1n) is 10.4. The van der Waals surface area contributed by atoms with Gasteiger partial charge in [-0.15, -0.1) is 0 Å². The van der Waals surface area contributed by atoms with Gasteiger partial charge in [-0.3, -0.25) is 9.69 Å². The Labute approximate surface area is 165 Å². The number of hydrogen-bond acceptors (Lipinski definition) is 4. The summed E-state index contributed by atoms with van der Waals surface area (Å²) in [5.74, 6) is 1.24. The van der Waals surface area contributed by atoms with E-state index in [9.17, 15) is 9.18 Å². The first-order chi connectivity index (χ1) is 13.7. The zero-order chi connectivity index (χ0) is 19.3. The molecular formula is C22H28FN3O2. The molecule has 1 aromatic heterocycles. The van der Waals surface area contributed by atoms with E-state index in [1.165, 1.54) is 31.4 Å². The van der Waals surface area contributed by atoms with E-state index in [4.69, 9.17) is 4.42 Å². The Kier molecular flexibility index (Phi) is 6.05. The predicted octanol–water partition coefficient (Wildman–Crippen LogP) is 3.94. The van der Waals surface area contributed by atoms with Crippen LogP contribution in [-0.4, -0.2) is 46.9 Å². The van der Waals surface area contributed by atoms with Gasteiger partial charge in [-0.05, 0) is 62.9 Å². The highest BCUT2D eigenvalue weighted by atomic mass is 19.1. The molecule has 0 unspecified atom stereocenters. The molecular weight excluding hydrogens is 357 g/mol. The van der Waals surface area contributed by atoms with Crippen molar-refractivity contribution in [2.45, 2.75) is 51.0 Å². The Morgan fingerprint density at radius 3 is 2.79 bits per heavy atom. The number of hydrogen-bond donors (Lipinski definition) is 0. The van der Waals surface area contributed by atoms with Crippen LogP contribution >= 0.6 is 0 Å². The van der Waals surface area contributed by atoms with Crippen LogP contribution in [0.3, 0.4) is 0 Å². The maximum absolute atomic E-state index is 13.4. The van der Waals surface area contributed by atoms with Crippen molar-refractivity contribution >= 4 is 5.91 Å². The number of piperidine rings is 2. The minimum absolute atomic E-state index is 0.0905. The second-order valence-corrected chi connectivity index (χ2v) is 7.91. The molecule has 0 saturated carbocycles. The highest BCUT2D eigenvalue weighted by Crippen LogP contribution is 2.31. The molecule has 2 aliphatic heterocycles. The number of nitrogens with zero attached hydrogens (tertiary/aromatic N) is 3. The average molecular weight is 385 g/mol. The predicted molar refractivity (Wildman–Crippen MR) is 104 cm³/mol. The summed E-state index contributed by atoms with van der Waals surface area (Å²) in [5, 5.41) is 0. The minimum atomic E-state index is -0.251. The molecule has 2 saturated heterocycles. The summed E-state index contributed by atoms with van der Waals surface area (Å²) in [5.41, 5.74) is 0.851. The molecule has 2 aromatic rings. The first-order valence-corrected chi connectivity index (χ1v) is 10.4. The molecule has 0 aliphatic carbocycles. The summed E-state index contributed by atoms with van der Waals surface area (Å²) in [4.78, 5) is 21.6. The van der Waals surface area contributed by atoms with E-state index >= 15 is 0 Å². The third-order valence-corrected chi connectivity index (χ3v) is 5.75. The summed E-state index contributed by atoms with van der Waals surface area (Å²) in [6, 6.07) is 6.43. The Bertz CT molecular complexity index is 801. The molecule has 6 heteroatoms. The van der Waals surface area contributed by atoms with Crippen LogP contribution in [0, 0.1) is 5.82 Å². The molecule has 1 atom stereocenters. The van der Waals surface area contributed by atoms with Crippen LogP contribution < -0.4 is 0 Å². The smallest absolute Gasteiger partial charge is 0.237 e. The van der Waals surface area contributed by atoms with E-state index in [0.29, 0.717) is 24.6 Å². The van der Waals surface area contributed by atoms with Crippen LogP contribution in [0.15, 0.2) is 34.9 Å². The quantitative estimate of drug-likeness (QED) is 0.782. The number of oxazole rings is 1. The highest BCUT2D eigenvalue weighted by Gasteiger charge is 2.32. The molecule has 0 bridgehead atoms. The van der Waals surface area contributed by atoms with E-state index in [2.05, 4.69) is 9.88 Å². The zero-order valence-electron chi connectivity index (χ0n) is 16.3. The molecule has 5 nitrogen and oxygen atoms in total. The molecule has 28 heavy (non-hydrogen) atoms. The van der Waals surface area contributed by atoms with Crippen molar-refractivity contribution in [1.82, 2.24) is 14.8 Å². The third-order valence-electron chi connectivity index (χ3n) is 5.75. The maximum Gasteiger partial charge on any atom is 0.237 e. The largest absolute Gasteiger partial charge is 0.443 e. The number of likely N-dealkylation sites (tertiary alicyclic amines) is 2. The SMILES string of the molecule is O=C(CN1CCCCC1)N1CCCC[C@@H]1c1ncc(Cc2cccc(F)c2)o1. The topological polar surface area (TPSA) is 49.6 Å². The van der Waals surface area contributed by atoms with Gasteiger partial charge in [-0.2, -0.15) is 0 Å². The summed E-state index contributed by atoms with van der Waals surface area (Å²) >= 11 is 0. The van der Waals surface area contributed by atoms with Crippen molar-refractivity contribution in [1.29, 1.82) is 0 Å². The van der Waals surface area contributed by atoms with Gasteiger partial charge in [0.2, 0.25) is 11.8 Å². The van der Waals surface area contributed by atoms with Gasteiger partial charge in [0.1, 0.15) is 17.6 Å². The Morgan fingerprint density at radius 1 is 1.14 bits per heavy atom. The summed E-state index contributed by atoms with van der Waals surface area (Å²) in [7, 11) is 0. The van der Waals surface area contributed by atoms with E-state index < -0.39 is 0 Å². The van der Waals surface area contributed by atoms with Crippen molar-refractivity contribution < 1.29 is 13.6 Å². The number of halogens is 1. The third kappa shape index (κ3) is 4.61. The molecule has 0 spiro atoms. The summed E-state index contributed by atoms with van der Waals surface area (Å²) < 4.78 is 19.4. The Hall–Kier alpha value is -2.21. The molecule has 2 fully saturated rings. The monoisotopic (exact) mass is 385 g/mol. The van der Waals surface area contributed by atoms with Gasteiger partial charge in [-0.1, -0.05) is 18.6 Å². The van der Waals surface area contributed by atoms with Crippen LogP contribution in [0.1, 0.15) is 61.8 Å². The van der Waals surface area contributed by atoms with Crippen LogP contribution in [0.25, 0.3) is 0 Å². The fourth-order valence-corrected chi connectivity index (χ4v) is 4.29. The average Bonchev–Trinajstić information content (AvgIpc) is 3.17. The van der Waals surface area contributed by atoms with Gasteiger partial charge < -0.3 is 9.32 Å². The van der Waals surface area contributed by atoms with Crippen LogP contribution in [-0.2, 0) is 11.2 Å². The molecule has 3 heterocycles. The second-order valence-electron chi connectivity index (χ2n) is 7.91. The van der Waals surface area contributed by atoms with Crippen LogP contribution in [0.2, 0.25) is 0 Å². The second kappa shape index (κ2) is 8.86. The number of rotatable bonds is 5. The lowest BCUT2D eigenvalue weighted by Gasteiger charge is -2.36. The lowest BCUT2D eigenvalue weighted by molar-refractivity contribution is -0.137. The molecule has 4 rings (SSSR count). The fraction of sp³-hybridized carbons (Fsp3) is 0.545. The summed E-state index contributed by atoms with van der Waals surface area (Å²) in [6.45, 7) is 3.29. The number of carbonyl (C=O) groups is 1. The van der Waals surface area contributed by atoms with Gasteiger partial charge in [0, 0.05) is 13.0 Å². The van der Waals surface area contributed by atoms with Crippen molar-refractivity contribution in [3.8, 4) is 0 Å². The molecule has 150 valence electrons. The lowest BCUT2D eigenvalue weighted by atomic mass is 10.0. The fourth-order valence-electron chi connectivity index (χ4n) is 4.29. The van der Waals surface area contributed by atoms with Gasteiger partial charge in [0.25, 0.3) is 0 Å². The Balaban J connectivity index is 1.44. The minimum Gasteiger partial charge on any atom is -0.443 e. The summed E-state index contributed by atoms with van der Waals surface area (Å²) in [6.07, 6.45) is 8.81. The number of aromatic nitrogens is 1. The maximum atomic E-state index is 13.4. The van der Waals surface area contributed by atoms with Crippen LogP contribution in [0.5, 0.6) is 0 Å². The lowest BCUT2D eigenvalue weighted by Crippen LogP contribution is -2.45. The van der Waals surface area contributed by atoms with Crippen molar-refractivity contribution in [3.63, 3.8) is 0 Å². The highest BCUT2D eigenvalue weighted by molar-refractivity contribution is 5.78. The number of amides is 1. The normalized spacial score (nSPS) is 21.0. The molecule has 0 N–H and O–H groups in total. The Morgan fingerprint density at radius 2 is 1.96 bits per heavy atom. The van der Waals surface area contributed by atoms with Crippen molar-refractivity contribution in [2.24, 2.45) is 0 Å². The van der Waals surface area contributed by atoms with E-state index in [1.807, 2.05) is 11.0 Å². The zero-order valence-corrected chi connectivity index (χ0v) is 16.3. The van der Waals surface area contributed by atoms with E-state index in [-0.39, 0.29) is 17.8 Å². The molecule has 1 amide bonds. The van der Waals surface area contributed by atoms with Gasteiger partial charge in [0.05, 0.1) is 12.7 Å². The number of benzene rings is 1. The van der Waals surface area contributed by atoms with Gasteiger partial charge >= 0.3 is 0 Å². The standard InChI is InChI=1S/C22H28FN3O2/c23-18-8-6-7-17(13-18)14-19-15-24-22(28-19)20-9-2-5-12-26(20)21(27)16-25-10-3-1-4-11-25/h6-8,13,15,20H,1-5,9-12,14,16H2/t20-/m1/s1. The first kappa shape index (κ1) is 19.1. The molecule has 1 aromatic carbocycles.